The molecule has 0 saturated heterocycles. The fourth-order valence-corrected chi connectivity index (χ4v) is 2.58. The molecule has 2 aromatic carbocycles. The number of aliphatic carboxylic acids is 1. The summed E-state index contributed by atoms with van der Waals surface area (Å²) in [6.45, 7) is 1.01. The van der Waals surface area contributed by atoms with Crippen molar-refractivity contribution in [2.45, 2.75) is 25.9 Å². The van der Waals surface area contributed by atoms with E-state index in [-0.39, 0.29) is 19.0 Å². The smallest absolute Gasteiger partial charge is 0.307 e. The third-order valence-corrected chi connectivity index (χ3v) is 4.11. The number of esters is 1. The Hall–Kier alpha value is -2.66. The normalized spacial score (nSPS) is 11.7. The van der Waals surface area contributed by atoms with Crippen LogP contribution in [0.2, 0.25) is 0 Å². The predicted octanol–water partition coefficient (Wildman–Crippen LogP) is 3.04. The van der Waals surface area contributed by atoms with Gasteiger partial charge in [-0.15, -0.1) is 0 Å². The minimum absolute atomic E-state index is 0.220. The Morgan fingerprint density at radius 3 is 2.19 bits per heavy atom. The van der Waals surface area contributed by atoms with Crippen LogP contribution in [-0.4, -0.2) is 30.1 Å². The lowest BCUT2D eigenvalue weighted by atomic mass is 9.99. The Morgan fingerprint density at radius 2 is 1.58 bits per heavy atom. The van der Waals surface area contributed by atoms with Gasteiger partial charge in [0.25, 0.3) is 0 Å². The van der Waals surface area contributed by atoms with E-state index < -0.39 is 11.9 Å². The molecule has 0 aliphatic carbocycles. The van der Waals surface area contributed by atoms with Gasteiger partial charge in [0.1, 0.15) is 6.61 Å². The molecule has 0 aliphatic rings. The van der Waals surface area contributed by atoms with E-state index in [0.717, 1.165) is 17.5 Å². The van der Waals surface area contributed by atoms with Gasteiger partial charge in [-0.05, 0) is 24.0 Å². The second-order valence-corrected chi connectivity index (χ2v) is 6.16. The molecular weight excluding hydrogens is 330 g/mol. The van der Waals surface area contributed by atoms with Crippen LogP contribution in [0.4, 0.5) is 0 Å². The van der Waals surface area contributed by atoms with Crippen molar-refractivity contribution in [3.63, 3.8) is 0 Å². The molecule has 0 unspecified atom stereocenters. The van der Waals surface area contributed by atoms with Gasteiger partial charge in [-0.2, -0.15) is 0 Å². The number of carboxylic acid groups (broad SMARTS) is 1. The van der Waals surface area contributed by atoms with Gasteiger partial charge in [0.15, 0.2) is 0 Å². The van der Waals surface area contributed by atoms with Crippen molar-refractivity contribution in [2.24, 2.45) is 5.92 Å². The van der Waals surface area contributed by atoms with Crippen LogP contribution in [0.15, 0.2) is 60.7 Å². The lowest BCUT2D eigenvalue weighted by molar-refractivity contribution is -0.144. The van der Waals surface area contributed by atoms with Gasteiger partial charge in [-0.25, -0.2) is 0 Å². The number of rotatable bonds is 11. The van der Waals surface area contributed by atoms with Crippen molar-refractivity contribution in [2.75, 3.05) is 13.1 Å². The first-order valence-corrected chi connectivity index (χ1v) is 8.82. The molecule has 0 amide bonds. The molecule has 0 aromatic heterocycles. The molecule has 0 bridgehead atoms. The molecule has 2 aromatic rings. The number of benzene rings is 2. The van der Waals surface area contributed by atoms with Crippen LogP contribution in [0, 0.1) is 5.92 Å². The van der Waals surface area contributed by atoms with Gasteiger partial charge in [-0.1, -0.05) is 60.7 Å². The molecule has 5 heteroatoms. The van der Waals surface area contributed by atoms with Crippen LogP contribution in [0.1, 0.15) is 24.0 Å². The van der Waals surface area contributed by atoms with E-state index in [2.05, 4.69) is 5.32 Å². The summed E-state index contributed by atoms with van der Waals surface area (Å²) in [4.78, 5) is 23.1. The zero-order chi connectivity index (χ0) is 18.6. The monoisotopic (exact) mass is 355 g/mol. The van der Waals surface area contributed by atoms with Crippen molar-refractivity contribution in [1.82, 2.24) is 5.32 Å². The summed E-state index contributed by atoms with van der Waals surface area (Å²) in [5.41, 5.74) is 2.07. The maximum absolute atomic E-state index is 11.7. The fourth-order valence-electron chi connectivity index (χ4n) is 2.58. The third-order valence-electron chi connectivity index (χ3n) is 4.11. The van der Waals surface area contributed by atoms with Crippen LogP contribution in [0.5, 0.6) is 0 Å². The van der Waals surface area contributed by atoms with Crippen molar-refractivity contribution < 1.29 is 19.4 Å². The van der Waals surface area contributed by atoms with Crippen LogP contribution < -0.4 is 5.32 Å². The molecule has 26 heavy (non-hydrogen) atoms. The maximum Gasteiger partial charge on any atom is 0.307 e. The molecule has 0 radical (unpaired) electrons. The van der Waals surface area contributed by atoms with Crippen molar-refractivity contribution in [1.29, 1.82) is 0 Å². The molecule has 0 spiro atoms. The highest BCUT2D eigenvalue weighted by Crippen LogP contribution is 2.10. The lowest BCUT2D eigenvalue weighted by Gasteiger charge is -2.13. The highest BCUT2D eigenvalue weighted by Gasteiger charge is 2.17. The number of carbonyl (C=O) groups excluding carboxylic acids is 1. The quantitative estimate of drug-likeness (QED) is 0.479. The molecular formula is C21H25NO4. The van der Waals surface area contributed by atoms with Gasteiger partial charge >= 0.3 is 11.9 Å². The number of ether oxygens (including phenoxy) is 1. The van der Waals surface area contributed by atoms with E-state index in [4.69, 9.17) is 4.74 Å². The Balaban J connectivity index is 1.62. The van der Waals surface area contributed by atoms with Gasteiger partial charge in [0.2, 0.25) is 0 Å². The Kier molecular flexibility index (Phi) is 8.36. The highest BCUT2D eigenvalue weighted by atomic mass is 16.5. The summed E-state index contributed by atoms with van der Waals surface area (Å²) >= 11 is 0. The summed E-state index contributed by atoms with van der Waals surface area (Å²) in [5.74, 6) is -1.59. The number of carbonyl (C=O) groups is 2. The highest BCUT2D eigenvalue weighted by molar-refractivity contribution is 5.70. The molecule has 0 fully saturated rings. The topological polar surface area (TPSA) is 75.6 Å². The molecule has 1 atom stereocenters. The molecule has 2 rings (SSSR count). The van der Waals surface area contributed by atoms with E-state index in [1.54, 1.807) is 0 Å². The largest absolute Gasteiger partial charge is 0.481 e. The van der Waals surface area contributed by atoms with Crippen molar-refractivity contribution in [3.05, 3.63) is 71.8 Å². The predicted molar refractivity (Wildman–Crippen MR) is 99.6 cm³/mol. The first kappa shape index (κ1) is 19.7. The second kappa shape index (κ2) is 11.1. The van der Waals surface area contributed by atoms with Crippen molar-refractivity contribution in [3.8, 4) is 0 Å². The number of hydrogen-bond acceptors (Lipinski definition) is 4. The summed E-state index contributed by atoms with van der Waals surface area (Å²) in [6.07, 6.45) is 1.50. The standard InChI is InChI=1S/C21H25NO4/c23-20(26-16-18-9-5-2-6-10-18)13-14-22-15-19(21(24)25)12-11-17-7-3-1-4-8-17/h1-10,19,22H,11-16H2,(H,24,25)/t19-/m1/s1. The second-order valence-electron chi connectivity index (χ2n) is 6.16. The number of hydrogen-bond donors (Lipinski definition) is 2. The number of nitrogens with one attached hydrogen (secondary N) is 1. The molecule has 0 heterocycles. The molecule has 2 N–H and O–H groups in total. The van der Waals surface area contributed by atoms with E-state index in [1.807, 2.05) is 60.7 Å². The first-order chi connectivity index (χ1) is 12.6. The Morgan fingerprint density at radius 1 is 0.962 bits per heavy atom. The van der Waals surface area contributed by atoms with Crippen LogP contribution in [-0.2, 0) is 27.4 Å². The minimum atomic E-state index is -0.819. The molecule has 0 saturated carbocycles. The Bertz CT molecular complexity index is 673. The van der Waals surface area contributed by atoms with Gasteiger partial charge in [-0.3, -0.25) is 9.59 Å². The minimum Gasteiger partial charge on any atom is -0.481 e. The Labute approximate surface area is 154 Å². The zero-order valence-corrected chi connectivity index (χ0v) is 14.8. The first-order valence-electron chi connectivity index (χ1n) is 8.82. The zero-order valence-electron chi connectivity index (χ0n) is 14.8. The lowest BCUT2D eigenvalue weighted by Crippen LogP contribution is -2.30. The number of aryl methyl sites for hydroxylation is 1. The van der Waals surface area contributed by atoms with E-state index in [0.29, 0.717) is 19.5 Å². The summed E-state index contributed by atoms with van der Waals surface area (Å²) in [6, 6.07) is 19.3. The molecule has 5 nitrogen and oxygen atoms in total. The maximum atomic E-state index is 11.7. The van der Waals surface area contributed by atoms with Crippen molar-refractivity contribution >= 4 is 11.9 Å². The SMILES string of the molecule is O=C(CCNC[C@@H](CCc1ccccc1)C(=O)O)OCc1ccccc1. The average molecular weight is 355 g/mol. The molecule has 0 aliphatic heterocycles. The van der Waals surface area contributed by atoms with E-state index in [1.165, 1.54) is 0 Å². The molecule has 138 valence electrons. The van der Waals surface area contributed by atoms with E-state index >= 15 is 0 Å². The summed E-state index contributed by atoms with van der Waals surface area (Å²) in [7, 11) is 0. The number of carboxylic acids is 1. The summed E-state index contributed by atoms with van der Waals surface area (Å²) < 4.78 is 5.19. The van der Waals surface area contributed by atoms with Crippen LogP contribution >= 0.6 is 0 Å². The summed E-state index contributed by atoms with van der Waals surface area (Å²) in [5, 5.41) is 12.4. The fraction of sp³-hybridized carbons (Fsp3) is 0.333. The van der Waals surface area contributed by atoms with Crippen LogP contribution in [0.25, 0.3) is 0 Å². The van der Waals surface area contributed by atoms with Crippen LogP contribution in [0.3, 0.4) is 0 Å². The van der Waals surface area contributed by atoms with Gasteiger partial charge < -0.3 is 15.2 Å². The average Bonchev–Trinajstić information content (AvgIpc) is 2.67. The van der Waals surface area contributed by atoms with Gasteiger partial charge in [0.05, 0.1) is 12.3 Å². The van der Waals surface area contributed by atoms with E-state index in [9.17, 15) is 14.7 Å². The third kappa shape index (κ3) is 7.49. The van der Waals surface area contributed by atoms with Gasteiger partial charge in [0, 0.05) is 13.1 Å².